The van der Waals surface area contributed by atoms with Gasteiger partial charge in [0.2, 0.25) is 5.91 Å². The molecule has 3 N–H and O–H groups in total. The van der Waals surface area contributed by atoms with Crippen LogP contribution in [-0.4, -0.2) is 10.8 Å². The van der Waals surface area contributed by atoms with Crippen molar-refractivity contribution in [3.8, 4) is 0 Å². The lowest BCUT2D eigenvalue weighted by Crippen LogP contribution is -2.12. The fourth-order valence-corrected chi connectivity index (χ4v) is 1.79. The van der Waals surface area contributed by atoms with Crippen molar-refractivity contribution >= 4 is 17.3 Å². The van der Waals surface area contributed by atoms with Crippen LogP contribution in [0, 0.1) is 10.1 Å². The van der Waals surface area contributed by atoms with Crippen LogP contribution in [0.1, 0.15) is 15.9 Å². The van der Waals surface area contributed by atoms with E-state index in [4.69, 9.17) is 5.73 Å². The highest BCUT2D eigenvalue weighted by atomic mass is 16.6. The Morgan fingerprint density at radius 1 is 1.20 bits per heavy atom. The van der Waals surface area contributed by atoms with Crippen LogP contribution in [0.15, 0.2) is 48.5 Å². The van der Waals surface area contributed by atoms with Crippen molar-refractivity contribution in [3.63, 3.8) is 0 Å². The van der Waals surface area contributed by atoms with Gasteiger partial charge in [0.1, 0.15) is 0 Å². The molecular weight excluding hydrogens is 258 g/mol. The lowest BCUT2D eigenvalue weighted by atomic mass is 10.1. The van der Waals surface area contributed by atoms with E-state index in [2.05, 4.69) is 5.32 Å². The first-order valence-corrected chi connectivity index (χ1v) is 5.94. The van der Waals surface area contributed by atoms with Gasteiger partial charge in [-0.1, -0.05) is 18.2 Å². The molecule has 0 heterocycles. The third kappa shape index (κ3) is 3.11. The molecule has 2 rings (SSSR count). The highest BCUT2D eigenvalue weighted by molar-refractivity contribution is 5.93. The molecule has 6 nitrogen and oxygen atoms in total. The standard InChI is InChI=1S/C14H13N3O3/c15-14(18)10-6-7-11(13(8-10)17(19)20)9-16-12-4-2-1-3-5-12/h1-8,16H,9H2,(H2,15,18). The Morgan fingerprint density at radius 2 is 1.90 bits per heavy atom. The number of primary amides is 1. The molecule has 102 valence electrons. The van der Waals surface area contributed by atoms with Crippen molar-refractivity contribution in [3.05, 3.63) is 69.8 Å². The van der Waals surface area contributed by atoms with Crippen LogP contribution in [0.4, 0.5) is 11.4 Å². The Kier molecular flexibility index (Phi) is 3.95. The fourth-order valence-electron chi connectivity index (χ4n) is 1.79. The van der Waals surface area contributed by atoms with E-state index in [-0.39, 0.29) is 11.3 Å². The molecule has 0 fully saturated rings. The first kappa shape index (κ1) is 13.5. The van der Waals surface area contributed by atoms with Crippen molar-refractivity contribution in [2.75, 3.05) is 5.32 Å². The average molecular weight is 271 g/mol. The second kappa shape index (κ2) is 5.83. The predicted molar refractivity (Wildman–Crippen MR) is 75.4 cm³/mol. The highest BCUT2D eigenvalue weighted by Crippen LogP contribution is 2.21. The quantitative estimate of drug-likeness (QED) is 0.644. The predicted octanol–water partition coefficient (Wildman–Crippen LogP) is 2.31. The van der Waals surface area contributed by atoms with E-state index in [1.165, 1.54) is 18.2 Å². The van der Waals surface area contributed by atoms with E-state index in [1.54, 1.807) is 0 Å². The minimum absolute atomic E-state index is 0.121. The van der Waals surface area contributed by atoms with Gasteiger partial charge in [-0.25, -0.2) is 0 Å². The summed E-state index contributed by atoms with van der Waals surface area (Å²) in [4.78, 5) is 21.6. The van der Waals surface area contributed by atoms with Gasteiger partial charge < -0.3 is 11.1 Å². The Bertz CT molecular complexity index is 641. The van der Waals surface area contributed by atoms with E-state index in [0.29, 0.717) is 12.1 Å². The van der Waals surface area contributed by atoms with Gasteiger partial charge in [0, 0.05) is 29.4 Å². The van der Waals surface area contributed by atoms with E-state index in [9.17, 15) is 14.9 Å². The summed E-state index contributed by atoms with van der Waals surface area (Å²) >= 11 is 0. The Balaban J connectivity index is 2.23. The molecule has 0 radical (unpaired) electrons. The molecule has 0 bridgehead atoms. The van der Waals surface area contributed by atoms with Crippen LogP contribution in [0.25, 0.3) is 0 Å². The number of carbonyl (C=O) groups is 1. The third-order valence-corrected chi connectivity index (χ3v) is 2.82. The topological polar surface area (TPSA) is 98.3 Å². The number of nitro groups is 1. The highest BCUT2D eigenvalue weighted by Gasteiger charge is 2.16. The summed E-state index contributed by atoms with van der Waals surface area (Å²) in [6, 6.07) is 13.6. The normalized spacial score (nSPS) is 10.0. The molecule has 1 amide bonds. The maximum atomic E-state index is 11.1. The summed E-state index contributed by atoms with van der Waals surface area (Å²) in [7, 11) is 0. The number of nitro benzene ring substituents is 1. The van der Waals surface area contributed by atoms with Crippen LogP contribution in [-0.2, 0) is 6.54 Å². The molecule has 6 heteroatoms. The number of carbonyl (C=O) groups excluding carboxylic acids is 1. The first-order valence-electron chi connectivity index (χ1n) is 5.94. The zero-order chi connectivity index (χ0) is 14.5. The van der Waals surface area contributed by atoms with Gasteiger partial charge in [0.05, 0.1) is 4.92 Å². The number of nitrogens with zero attached hydrogens (tertiary/aromatic N) is 1. The van der Waals surface area contributed by atoms with E-state index < -0.39 is 10.8 Å². The number of rotatable bonds is 5. The van der Waals surface area contributed by atoms with Crippen molar-refractivity contribution < 1.29 is 9.72 Å². The lowest BCUT2D eigenvalue weighted by molar-refractivity contribution is -0.385. The van der Waals surface area contributed by atoms with Gasteiger partial charge in [-0.05, 0) is 24.3 Å². The number of amides is 1. The monoisotopic (exact) mass is 271 g/mol. The second-order valence-electron chi connectivity index (χ2n) is 4.18. The first-order chi connectivity index (χ1) is 9.58. The Labute approximate surface area is 115 Å². The van der Waals surface area contributed by atoms with Gasteiger partial charge >= 0.3 is 0 Å². The number of para-hydroxylation sites is 1. The smallest absolute Gasteiger partial charge is 0.275 e. The van der Waals surface area contributed by atoms with Gasteiger partial charge in [-0.3, -0.25) is 14.9 Å². The van der Waals surface area contributed by atoms with Crippen LogP contribution in [0.5, 0.6) is 0 Å². The Morgan fingerprint density at radius 3 is 2.50 bits per heavy atom. The van der Waals surface area contributed by atoms with Crippen LogP contribution < -0.4 is 11.1 Å². The molecule has 0 unspecified atom stereocenters. The lowest BCUT2D eigenvalue weighted by Gasteiger charge is -2.07. The SMILES string of the molecule is NC(=O)c1ccc(CNc2ccccc2)c([N+](=O)[O-])c1. The van der Waals surface area contributed by atoms with Crippen LogP contribution in [0.3, 0.4) is 0 Å². The molecule has 20 heavy (non-hydrogen) atoms. The maximum absolute atomic E-state index is 11.1. The molecule has 2 aromatic carbocycles. The number of anilines is 1. The second-order valence-corrected chi connectivity index (χ2v) is 4.18. The van der Waals surface area contributed by atoms with Crippen molar-refractivity contribution in [1.29, 1.82) is 0 Å². The van der Waals surface area contributed by atoms with Crippen LogP contribution in [0.2, 0.25) is 0 Å². The van der Waals surface area contributed by atoms with Crippen molar-refractivity contribution in [1.82, 2.24) is 0 Å². The molecule has 0 spiro atoms. The third-order valence-electron chi connectivity index (χ3n) is 2.82. The van der Waals surface area contributed by atoms with E-state index in [1.807, 2.05) is 30.3 Å². The fraction of sp³-hybridized carbons (Fsp3) is 0.0714. The maximum Gasteiger partial charge on any atom is 0.275 e. The number of nitrogens with two attached hydrogens (primary N) is 1. The zero-order valence-corrected chi connectivity index (χ0v) is 10.6. The number of nitrogens with one attached hydrogen (secondary N) is 1. The molecule has 0 aliphatic rings. The van der Waals surface area contributed by atoms with Crippen LogP contribution >= 0.6 is 0 Å². The minimum Gasteiger partial charge on any atom is -0.381 e. The average Bonchev–Trinajstić information content (AvgIpc) is 2.45. The van der Waals surface area contributed by atoms with Crippen molar-refractivity contribution in [2.24, 2.45) is 5.73 Å². The largest absolute Gasteiger partial charge is 0.381 e. The molecule has 2 aromatic rings. The van der Waals surface area contributed by atoms with Gasteiger partial charge in [-0.15, -0.1) is 0 Å². The summed E-state index contributed by atoms with van der Waals surface area (Å²) in [6.45, 7) is 0.291. The number of hydrogen-bond donors (Lipinski definition) is 2. The van der Waals surface area contributed by atoms with Gasteiger partial charge in [0.15, 0.2) is 0 Å². The molecular formula is C14H13N3O3. The Hall–Kier alpha value is -2.89. The van der Waals surface area contributed by atoms with E-state index in [0.717, 1.165) is 5.69 Å². The van der Waals surface area contributed by atoms with E-state index >= 15 is 0 Å². The molecule has 0 aliphatic heterocycles. The molecule has 0 saturated heterocycles. The summed E-state index contributed by atoms with van der Waals surface area (Å²) in [5.74, 6) is -0.685. The summed E-state index contributed by atoms with van der Waals surface area (Å²) in [5.41, 5.74) is 6.48. The molecule has 0 aliphatic carbocycles. The minimum atomic E-state index is -0.685. The van der Waals surface area contributed by atoms with Gasteiger partial charge in [0.25, 0.3) is 5.69 Å². The molecule has 0 atom stereocenters. The molecule has 0 aromatic heterocycles. The van der Waals surface area contributed by atoms with Gasteiger partial charge in [-0.2, -0.15) is 0 Å². The summed E-state index contributed by atoms with van der Waals surface area (Å²) in [6.07, 6.45) is 0. The summed E-state index contributed by atoms with van der Waals surface area (Å²) < 4.78 is 0. The number of hydrogen-bond acceptors (Lipinski definition) is 4. The molecule has 0 saturated carbocycles. The number of benzene rings is 2. The zero-order valence-electron chi connectivity index (χ0n) is 10.6. The summed E-state index contributed by atoms with van der Waals surface area (Å²) in [5, 5.41) is 14.1. The van der Waals surface area contributed by atoms with Crippen molar-refractivity contribution in [2.45, 2.75) is 6.54 Å².